The smallest absolute Gasteiger partial charge is 0.336 e. The quantitative estimate of drug-likeness (QED) is 0.860. The summed E-state index contributed by atoms with van der Waals surface area (Å²) in [5, 5.41) is 3.71. The van der Waals surface area contributed by atoms with Gasteiger partial charge in [-0.05, 0) is 26.2 Å². The number of rotatable bonds is 3. The minimum absolute atomic E-state index is 0.0337. The second kappa shape index (κ2) is 5.69. The fourth-order valence-electron chi connectivity index (χ4n) is 3.07. The number of hydrogen-bond donors (Lipinski definition) is 0. The van der Waals surface area contributed by atoms with Gasteiger partial charge in [0, 0.05) is 19.1 Å². The number of alkyl halides is 3. The molecule has 2 unspecified atom stereocenters. The van der Waals surface area contributed by atoms with E-state index >= 15 is 0 Å². The highest BCUT2D eigenvalue weighted by Gasteiger charge is 2.42. The Labute approximate surface area is 121 Å². The molecule has 118 valence electrons. The standard InChI is InChI=1S/C14H20F3N3O/c1-4-10-6-7-19(9(10)3)13(21)11-8-18-20(5-2)12(11)14(15,16)17/h8-10H,4-7H2,1-3H3. The van der Waals surface area contributed by atoms with Crippen LogP contribution < -0.4 is 0 Å². The summed E-state index contributed by atoms with van der Waals surface area (Å²) in [6.45, 7) is 6.09. The average Bonchev–Trinajstić information content (AvgIpc) is 3.00. The molecule has 21 heavy (non-hydrogen) atoms. The number of aromatic nitrogens is 2. The Morgan fingerprint density at radius 2 is 2.10 bits per heavy atom. The summed E-state index contributed by atoms with van der Waals surface area (Å²) in [6, 6.07) is -0.0337. The molecule has 1 fully saturated rings. The molecule has 1 aliphatic heterocycles. The predicted octanol–water partition coefficient (Wildman–Crippen LogP) is 3.18. The molecular formula is C14H20F3N3O. The first-order valence-corrected chi connectivity index (χ1v) is 7.25. The van der Waals surface area contributed by atoms with Gasteiger partial charge in [0.15, 0.2) is 5.69 Å². The van der Waals surface area contributed by atoms with Crippen molar-refractivity contribution in [3.8, 4) is 0 Å². The van der Waals surface area contributed by atoms with Crippen LogP contribution in [0, 0.1) is 5.92 Å². The molecular weight excluding hydrogens is 283 g/mol. The van der Waals surface area contributed by atoms with E-state index in [1.807, 2.05) is 13.8 Å². The van der Waals surface area contributed by atoms with Crippen LogP contribution >= 0.6 is 0 Å². The molecule has 0 saturated carbocycles. The molecule has 0 bridgehead atoms. The molecule has 1 aliphatic rings. The molecule has 0 spiro atoms. The number of nitrogens with zero attached hydrogens (tertiary/aromatic N) is 3. The summed E-state index contributed by atoms with van der Waals surface area (Å²) >= 11 is 0. The first-order valence-electron chi connectivity index (χ1n) is 7.25. The van der Waals surface area contributed by atoms with Gasteiger partial charge in [0.25, 0.3) is 5.91 Å². The van der Waals surface area contributed by atoms with Crippen molar-refractivity contribution in [2.45, 2.75) is 52.4 Å². The van der Waals surface area contributed by atoms with Gasteiger partial charge in [-0.25, -0.2) is 0 Å². The number of amides is 1. The molecule has 1 aromatic rings. The van der Waals surface area contributed by atoms with Gasteiger partial charge in [0.2, 0.25) is 0 Å². The molecule has 2 heterocycles. The Balaban J connectivity index is 2.35. The van der Waals surface area contributed by atoms with Crippen molar-refractivity contribution < 1.29 is 18.0 Å². The minimum atomic E-state index is -4.58. The van der Waals surface area contributed by atoms with Crippen LogP contribution in [0.1, 0.15) is 49.7 Å². The van der Waals surface area contributed by atoms with Crippen molar-refractivity contribution >= 4 is 5.91 Å². The van der Waals surface area contributed by atoms with Gasteiger partial charge in [0.05, 0.1) is 11.8 Å². The molecule has 4 nitrogen and oxygen atoms in total. The summed E-state index contributed by atoms with van der Waals surface area (Å²) in [4.78, 5) is 14.0. The van der Waals surface area contributed by atoms with Crippen molar-refractivity contribution in [3.63, 3.8) is 0 Å². The van der Waals surface area contributed by atoms with Crippen LogP contribution in [-0.2, 0) is 12.7 Å². The van der Waals surface area contributed by atoms with Gasteiger partial charge in [0.1, 0.15) is 0 Å². The summed E-state index contributed by atoms with van der Waals surface area (Å²) in [6.07, 6.45) is -1.77. The molecule has 1 amide bonds. The molecule has 0 N–H and O–H groups in total. The Kier molecular flexibility index (Phi) is 4.30. The second-order valence-corrected chi connectivity index (χ2v) is 5.42. The largest absolute Gasteiger partial charge is 0.433 e. The molecule has 1 saturated heterocycles. The van der Waals surface area contributed by atoms with Crippen molar-refractivity contribution in [3.05, 3.63) is 17.5 Å². The Morgan fingerprint density at radius 1 is 1.43 bits per heavy atom. The number of carbonyl (C=O) groups is 1. The van der Waals surface area contributed by atoms with Crippen LogP contribution in [0.15, 0.2) is 6.20 Å². The molecule has 2 rings (SSSR count). The molecule has 1 aromatic heterocycles. The van der Waals surface area contributed by atoms with E-state index in [0.29, 0.717) is 12.5 Å². The molecule has 0 aromatic carbocycles. The van der Waals surface area contributed by atoms with Gasteiger partial charge in [-0.2, -0.15) is 18.3 Å². The fraction of sp³-hybridized carbons (Fsp3) is 0.714. The zero-order valence-electron chi connectivity index (χ0n) is 12.4. The lowest BCUT2D eigenvalue weighted by molar-refractivity contribution is -0.144. The van der Waals surface area contributed by atoms with Gasteiger partial charge in [-0.3, -0.25) is 9.48 Å². The number of hydrogen-bond acceptors (Lipinski definition) is 2. The zero-order chi connectivity index (χ0) is 15.8. The van der Waals surface area contributed by atoms with E-state index < -0.39 is 17.8 Å². The third-order valence-electron chi connectivity index (χ3n) is 4.34. The maximum atomic E-state index is 13.2. The summed E-state index contributed by atoms with van der Waals surface area (Å²) in [5.74, 6) is -0.213. The molecule has 0 aliphatic carbocycles. The molecule has 7 heteroatoms. The lowest BCUT2D eigenvalue weighted by Crippen LogP contribution is -2.36. The minimum Gasteiger partial charge on any atom is -0.336 e. The molecule has 0 radical (unpaired) electrons. The lowest BCUT2D eigenvalue weighted by Gasteiger charge is -2.24. The Morgan fingerprint density at radius 3 is 2.57 bits per heavy atom. The normalized spacial score (nSPS) is 22.9. The van der Waals surface area contributed by atoms with Crippen molar-refractivity contribution in [2.24, 2.45) is 5.92 Å². The van der Waals surface area contributed by atoms with Crippen LogP contribution in [0.5, 0.6) is 0 Å². The van der Waals surface area contributed by atoms with Crippen LogP contribution in [0.3, 0.4) is 0 Å². The monoisotopic (exact) mass is 303 g/mol. The summed E-state index contributed by atoms with van der Waals surface area (Å²) < 4.78 is 40.4. The van der Waals surface area contributed by atoms with Crippen LogP contribution in [-0.4, -0.2) is 33.2 Å². The number of carbonyl (C=O) groups excluding carboxylic acids is 1. The van der Waals surface area contributed by atoms with E-state index in [1.54, 1.807) is 11.8 Å². The van der Waals surface area contributed by atoms with E-state index in [-0.39, 0.29) is 18.2 Å². The topological polar surface area (TPSA) is 38.1 Å². The number of halogens is 3. The molecule has 2 atom stereocenters. The zero-order valence-corrected chi connectivity index (χ0v) is 12.4. The SMILES string of the molecule is CCC1CCN(C(=O)c2cnn(CC)c2C(F)(F)F)C1C. The fourth-order valence-corrected chi connectivity index (χ4v) is 3.07. The Hall–Kier alpha value is -1.53. The van der Waals surface area contributed by atoms with E-state index in [0.717, 1.165) is 23.7 Å². The van der Waals surface area contributed by atoms with Crippen LogP contribution in [0.4, 0.5) is 13.2 Å². The van der Waals surface area contributed by atoms with E-state index in [2.05, 4.69) is 5.10 Å². The number of likely N-dealkylation sites (tertiary alicyclic amines) is 1. The van der Waals surface area contributed by atoms with Crippen LogP contribution in [0.25, 0.3) is 0 Å². The number of aryl methyl sites for hydroxylation is 1. The maximum Gasteiger partial charge on any atom is 0.433 e. The van der Waals surface area contributed by atoms with Crippen LogP contribution in [0.2, 0.25) is 0 Å². The van der Waals surface area contributed by atoms with Crippen molar-refractivity contribution in [1.29, 1.82) is 0 Å². The van der Waals surface area contributed by atoms with Crippen molar-refractivity contribution in [2.75, 3.05) is 6.54 Å². The van der Waals surface area contributed by atoms with Crippen molar-refractivity contribution in [1.82, 2.24) is 14.7 Å². The third-order valence-corrected chi connectivity index (χ3v) is 4.34. The predicted molar refractivity (Wildman–Crippen MR) is 71.8 cm³/mol. The lowest BCUT2D eigenvalue weighted by atomic mass is 9.99. The van der Waals surface area contributed by atoms with Gasteiger partial charge in [-0.1, -0.05) is 13.3 Å². The first-order chi connectivity index (χ1) is 9.81. The summed E-state index contributed by atoms with van der Waals surface area (Å²) in [7, 11) is 0. The first kappa shape index (κ1) is 15.9. The summed E-state index contributed by atoms with van der Waals surface area (Å²) in [5.41, 5.74) is -1.28. The van der Waals surface area contributed by atoms with Gasteiger partial charge in [-0.15, -0.1) is 0 Å². The van der Waals surface area contributed by atoms with E-state index in [1.165, 1.54) is 0 Å². The average molecular weight is 303 g/mol. The van der Waals surface area contributed by atoms with E-state index in [4.69, 9.17) is 0 Å². The highest BCUT2D eigenvalue weighted by atomic mass is 19.4. The Bertz CT molecular complexity index is 524. The maximum absolute atomic E-state index is 13.2. The highest BCUT2D eigenvalue weighted by molar-refractivity contribution is 5.95. The van der Waals surface area contributed by atoms with E-state index in [9.17, 15) is 18.0 Å². The second-order valence-electron chi connectivity index (χ2n) is 5.42. The highest BCUT2D eigenvalue weighted by Crippen LogP contribution is 2.34. The van der Waals surface area contributed by atoms with Gasteiger partial charge < -0.3 is 4.90 Å². The third kappa shape index (κ3) is 2.78. The van der Waals surface area contributed by atoms with Gasteiger partial charge >= 0.3 is 6.18 Å².